The number of rotatable bonds is 10. The van der Waals surface area contributed by atoms with Gasteiger partial charge in [0.1, 0.15) is 11.9 Å². The van der Waals surface area contributed by atoms with E-state index < -0.39 is 30.4 Å². The number of thioether (sulfide) groups is 1. The van der Waals surface area contributed by atoms with Crippen LogP contribution in [0, 0.1) is 0 Å². The first-order valence-corrected chi connectivity index (χ1v) is 11.6. The van der Waals surface area contributed by atoms with Crippen LogP contribution in [0.4, 0.5) is 5.82 Å². The molecule has 1 heterocycles. The molecule has 0 saturated carbocycles. The minimum atomic E-state index is -0.923. The summed E-state index contributed by atoms with van der Waals surface area (Å²) in [5.41, 5.74) is 1.52. The molecule has 1 unspecified atom stereocenters. The number of anilines is 1. The first kappa shape index (κ1) is 24.3. The van der Waals surface area contributed by atoms with Gasteiger partial charge in [-0.05, 0) is 29.8 Å². The van der Waals surface area contributed by atoms with E-state index in [-0.39, 0.29) is 11.6 Å². The van der Waals surface area contributed by atoms with Crippen molar-refractivity contribution >= 4 is 47.0 Å². The summed E-state index contributed by atoms with van der Waals surface area (Å²) in [7, 11) is 0. The third-order valence-corrected chi connectivity index (χ3v) is 5.69. The zero-order valence-corrected chi connectivity index (χ0v) is 19.1. The van der Waals surface area contributed by atoms with Crippen LogP contribution in [0.1, 0.15) is 15.9 Å². The van der Waals surface area contributed by atoms with Crippen molar-refractivity contribution in [3.8, 4) is 0 Å². The van der Waals surface area contributed by atoms with Crippen LogP contribution < -0.4 is 10.6 Å². The third kappa shape index (κ3) is 8.25. The Kier molecular flexibility index (Phi) is 9.29. The monoisotopic (exact) mass is 483 g/mol. The highest BCUT2D eigenvalue weighted by atomic mass is 35.5. The molecule has 2 amide bonds. The number of nitrogens with one attached hydrogen (secondary N) is 2. The molecular weight excluding hydrogens is 462 g/mol. The van der Waals surface area contributed by atoms with Crippen molar-refractivity contribution in [2.45, 2.75) is 11.8 Å². The molecule has 3 aromatic rings. The summed E-state index contributed by atoms with van der Waals surface area (Å²) in [6.07, 6.45) is 1.39. The zero-order valence-electron chi connectivity index (χ0n) is 17.6. The number of benzene rings is 2. The lowest BCUT2D eigenvalue weighted by atomic mass is 10.2. The minimum Gasteiger partial charge on any atom is -0.454 e. The predicted octanol–water partition coefficient (Wildman–Crippen LogP) is 3.95. The molecule has 170 valence electrons. The molecule has 3 rings (SSSR count). The summed E-state index contributed by atoms with van der Waals surface area (Å²) >= 11 is 7.25. The van der Waals surface area contributed by atoms with Gasteiger partial charge in [0.05, 0.1) is 5.02 Å². The Hall–Kier alpha value is -3.36. The molecule has 33 heavy (non-hydrogen) atoms. The van der Waals surface area contributed by atoms with Crippen molar-refractivity contribution in [2.24, 2.45) is 0 Å². The molecule has 2 aromatic carbocycles. The number of nitrogens with zero attached hydrogens (tertiary/aromatic N) is 1. The number of carbonyl (C=O) groups excluding carboxylic acids is 3. The van der Waals surface area contributed by atoms with Gasteiger partial charge in [-0.15, -0.1) is 0 Å². The van der Waals surface area contributed by atoms with Crippen molar-refractivity contribution < 1.29 is 19.1 Å². The van der Waals surface area contributed by atoms with Crippen LogP contribution in [-0.4, -0.2) is 41.2 Å². The van der Waals surface area contributed by atoms with Crippen molar-refractivity contribution in [1.29, 1.82) is 0 Å². The lowest BCUT2D eigenvalue weighted by molar-refractivity contribution is -0.148. The number of amides is 2. The number of hydrogen-bond acceptors (Lipinski definition) is 6. The van der Waals surface area contributed by atoms with E-state index >= 15 is 0 Å². The fourth-order valence-electron chi connectivity index (χ4n) is 2.73. The summed E-state index contributed by atoms with van der Waals surface area (Å²) in [5.74, 6) is -0.413. The Bertz CT molecular complexity index is 1070. The molecule has 9 heteroatoms. The Labute approximate surface area is 200 Å². The average Bonchev–Trinajstić information content (AvgIpc) is 2.84. The van der Waals surface area contributed by atoms with E-state index in [9.17, 15) is 14.4 Å². The summed E-state index contributed by atoms with van der Waals surface area (Å²) in [4.78, 5) is 41.3. The van der Waals surface area contributed by atoms with Crippen LogP contribution >= 0.6 is 23.4 Å². The van der Waals surface area contributed by atoms with Gasteiger partial charge in [-0.25, -0.2) is 9.78 Å². The van der Waals surface area contributed by atoms with Crippen LogP contribution in [0.15, 0.2) is 79.0 Å². The molecule has 2 N–H and O–H groups in total. The van der Waals surface area contributed by atoms with Crippen LogP contribution in [0.3, 0.4) is 0 Å². The van der Waals surface area contributed by atoms with Gasteiger partial charge in [0.15, 0.2) is 6.61 Å². The third-order valence-electron chi connectivity index (χ3n) is 4.36. The van der Waals surface area contributed by atoms with Crippen LogP contribution in [0.25, 0.3) is 0 Å². The summed E-state index contributed by atoms with van der Waals surface area (Å²) in [6, 6.07) is 20.5. The summed E-state index contributed by atoms with van der Waals surface area (Å²) in [6.45, 7) is -0.510. The minimum absolute atomic E-state index is 0.284. The zero-order chi connectivity index (χ0) is 23.5. The second-order valence-corrected chi connectivity index (χ2v) is 8.38. The van der Waals surface area contributed by atoms with Crippen molar-refractivity contribution in [2.75, 3.05) is 17.7 Å². The van der Waals surface area contributed by atoms with Gasteiger partial charge in [0, 0.05) is 23.3 Å². The quantitative estimate of drug-likeness (QED) is 0.424. The van der Waals surface area contributed by atoms with Crippen LogP contribution in [0.2, 0.25) is 5.02 Å². The molecule has 0 aliphatic carbocycles. The number of hydrogen-bond donors (Lipinski definition) is 2. The number of halogens is 1. The van der Waals surface area contributed by atoms with Crippen LogP contribution in [0.5, 0.6) is 0 Å². The number of aromatic nitrogens is 1. The van der Waals surface area contributed by atoms with E-state index in [1.165, 1.54) is 24.0 Å². The van der Waals surface area contributed by atoms with Gasteiger partial charge in [0.25, 0.3) is 11.8 Å². The molecule has 0 bridgehead atoms. The number of esters is 1. The fraction of sp³-hybridized carbons (Fsp3) is 0.167. The largest absolute Gasteiger partial charge is 0.454 e. The Morgan fingerprint density at radius 3 is 2.33 bits per heavy atom. The lowest BCUT2D eigenvalue weighted by Gasteiger charge is -2.17. The molecule has 7 nitrogen and oxygen atoms in total. The maximum absolute atomic E-state index is 12.7. The maximum atomic E-state index is 12.7. The van der Waals surface area contributed by atoms with Gasteiger partial charge in [0.2, 0.25) is 0 Å². The highest BCUT2D eigenvalue weighted by Crippen LogP contribution is 2.14. The standard InChI is InChI=1S/C24H22ClN3O4S/c25-19-11-12-21(26-13-19)28-22(29)14-32-24(31)20(16-33-15-17-7-3-1-4-8-17)27-23(30)18-9-5-2-6-10-18/h1-13,20H,14-16H2,(H,27,30)(H,26,28,29). The van der Waals surface area contributed by atoms with Crippen molar-refractivity contribution in [1.82, 2.24) is 10.3 Å². The van der Waals surface area contributed by atoms with Crippen LogP contribution in [-0.2, 0) is 20.1 Å². The molecule has 1 aromatic heterocycles. The molecule has 0 aliphatic heterocycles. The maximum Gasteiger partial charge on any atom is 0.330 e. The van der Waals surface area contributed by atoms with E-state index in [4.69, 9.17) is 16.3 Å². The topological polar surface area (TPSA) is 97.4 Å². The van der Waals surface area contributed by atoms with Crippen molar-refractivity contribution in [3.63, 3.8) is 0 Å². The molecule has 1 atom stereocenters. The van der Waals surface area contributed by atoms with Gasteiger partial charge in [-0.3, -0.25) is 9.59 Å². The predicted molar refractivity (Wildman–Crippen MR) is 129 cm³/mol. The number of pyridine rings is 1. The number of ether oxygens (including phenoxy) is 1. The van der Waals surface area contributed by atoms with E-state index in [0.717, 1.165) is 5.56 Å². The van der Waals surface area contributed by atoms with Gasteiger partial charge in [-0.1, -0.05) is 60.1 Å². The van der Waals surface area contributed by atoms with E-state index in [2.05, 4.69) is 15.6 Å². The van der Waals surface area contributed by atoms with Crippen molar-refractivity contribution in [3.05, 3.63) is 95.1 Å². The first-order valence-electron chi connectivity index (χ1n) is 10.1. The lowest BCUT2D eigenvalue weighted by Crippen LogP contribution is -2.44. The van der Waals surface area contributed by atoms with E-state index in [0.29, 0.717) is 16.3 Å². The fourth-order valence-corrected chi connectivity index (χ4v) is 3.85. The van der Waals surface area contributed by atoms with Gasteiger partial charge in [-0.2, -0.15) is 11.8 Å². The van der Waals surface area contributed by atoms with Gasteiger partial charge < -0.3 is 15.4 Å². The second kappa shape index (κ2) is 12.6. The average molecular weight is 484 g/mol. The Balaban J connectivity index is 1.57. The molecule has 0 fully saturated rings. The second-order valence-electron chi connectivity index (χ2n) is 6.91. The summed E-state index contributed by atoms with van der Waals surface area (Å²) < 4.78 is 5.17. The first-order chi connectivity index (χ1) is 16.0. The molecule has 0 aliphatic rings. The van der Waals surface area contributed by atoms with E-state index in [1.54, 1.807) is 36.4 Å². The molecular formula is C24H22ClN3O4S. The molecule has 0 spiro atoms. The van der Waals surface area contributed by atoms with E-state index in [1.807, 2.05) is 30.3 Å². The Morgan fingerprint density at radius 1 is 0.970 bits per heavy atom. The van der Waals surface area contributed by atoms with Gasteiger partial charge >= 0.3 is 5.97 Å². The highest BCUT2D eigenvalue weighted by molar-refractivity contribution is 7.98. The summed E-state index contributed by atoms with van der Waals surface area (Å²) in [5, 5.41) is 5.66. The molecule has 0 saturated heterocycles. The highest BCUT2D eigenvalue weighted by Gasteiger charge is 2.24. The SMILES string of the molecule is O=C(COC(=O)C(CSCc1ccccc1)NC(=O)c1ccccc1)Nc1ccc(Cl)cn1. The normalized spacial score (nSPS) is 11.3. The molecule has 0 radical (unpaired) electrons. The smallest absolute Gasteiger partial charge is 0.330 e. The Morgan fingerprint density at radius 2 is 1.67 bits per heavy atom. The number of carbonyl (C=O) groups is 3.